The Labute approximate surface area is 185 Å². The average molecular weight is 475 g/mol. The SMILES string of the molecule is O=C1[C@@H]2[C@@H](C(=O)N1c1cccc(Br)c1)C1c3ccccc3C2([N+](=O)[O-])c2ccccc21. The van der Waals surface area contributed by atoms with Gasteiger partial charge in [-0.3, -0.25) is 19.7 Å². The van der Waals surface area contributed by atoms with E-state index in [9.17, 15) is 19.7 Å². The summed E-state index contributed by atoms with van der Waals surface area (Å²) in [5, 5.41) is 12.9. The Morgan fingerprint density at radius 1 is 0.871 bits per heavy atom. The minimum Gasteiger partial charge on any atom is -0.274 e. The fourth-order valence-corrected chi connectivity index (χ4v) is 6.30. The number of amides is 2. The number of halogens is 1. The normalized spacial score (nSPS) is 27.6. The van der Waals surface area contributed by atoms with Crippen molar-refractivity contribution >= 4 is 33.4 Å². The molecule has 2 atom stereocenters. The van der Waals surface area contributed by atoms with E-state index in [0.717, 1.165) is 20.5 Å². The molecule has 0 N–H and O–H groups in total. The predicted octanol–water partition coefficient (Wildman–Crippen LogP) is 4.23. The molecule has 1 fully saturated rings. The third-order valence-corrected chi connectivity index (χ3v) is 7.42. The number of carbonyl (C=O) groups is 2. The first-order chi connectivity index (χ1) is 15.0. The summed E-state index contributed by atoms with van der Waals surface area (Å²) >= 11 is 3.38. The van der Waals surface area contributed by atoms with Crippen LogP contribution in [0.15, 0.2) is 77.3 Å². The number of hydrogen-bond donors (Lipinski definition) is 0. The molecule has 0 saturated carbocycles. The second kappa shape index (κ2) is 6.11. The lowest BCUT2D eigenvalue weighted by molar-refractivity contribution is -0.578. The van der Waals surface area contributed by atoms with Crippen molar-refractivity contribution in [2.45, 2.75) is 11.5 Å². The van der Waals surface area contributed by atoms with Crippen LogP contribution >= 0.6 is 15.9 Å². The molecule has 1 heterocycles. The van der Waals surface area contributed by atoms with E-state index in [-0.39, 0.29) is 10.8 Å². The van der Waals surface area contributed by atoms with Crippen molar-refractivity contribution < 1.29 is 14.5 Å². The second-order valence-electron chi connectivity index (χ2n) is 8.17. The van der Waals surface area contributed by atoms with Gasteiger partial charge in [0.05, 0.1) is 11.6 Å². The first kappa shape index (κ1) is 18.4. The fraction of sp³-hybridized carbons (Fsp3) is 0.167. The number of rotatable bonds is 2. The van der Waals surface area contributed by atoms with Gasteiger partial charge in [0.15, 0.2) is 0 Å². The third-order valence-electron chi connectivity index (χ3n) is 6.93. The maximum Gasteiger partial charge on any atom is 0.285 e. The van der Waals surface area contributed by atoms with E-state index in [1.165, 1.54) is 0 Å². The van der Waals surface area contributed by atoms with Crippen LogP contribution in [0.1, 0.15) is 28.2 Å². The van der Waals surface area contributed by atoms with Crippen LogP contribution in [0.25, 0.3) is 0 Å². The highest BCUT2D eigenvalue weighted by atomic mass is 79.9. The molecular formula is C24H15BrN2O4. The molecule has 0 spiro atoms. The Bertz CT molecular complexity index is 1270. The van der Waals surface area contributed by atoms with Crippen LogP contribution in [-0.4, -0.2) is 16.7 Å². The zero-order valence-corrected chi connectivity index (χ0v) is 17.7. The smallest absolute Gasteiger partial charge is 0.274 e. The largest absolute Gasteiger partial charge is 0.285 e. The fourth-order valence-electron chi connectivity index (χ4n) is 5.91. The maximum absolute atomic E-state index is 13.8. The van der Waals surface area contributed by atoms with Gasteiger partial charge in [-0.1, -0.05) is 70.5 Å². The lowest BCUT2D eigenvalue weighted by Crippen LogP contribution is -2.57. The zero-order valence-electron chi connectivity index (χ0n) is 16.1. The number of nitro groups is 1. The summed E-state index contributed by atoms with van der Waals surface area (Å²) in [5.74, 6) is -3.20. The van der Waals surface area contributed by atoms with Gasteiger partial charge >= 0.3 is 0 Å². The molecule has 2 amide bonds. The molecule has 0 radical (unpaired) electrons. The minimum atomic E-state index is -1.79. The second-order valence-corrected chi connectivity index (χ2v) is 9.09. The van der Waals surface area contributed by atoms with Crippen molar-refractivity contribution in [3.8, 4) is 0 Å². The van der Waals surface area contributed by atoms with E-state index in [1.54, 1.807) is 48.5 Å². The predicted molar refractivity (Wildman–Crippen MR) is 116 cm³/mol. The molecule has 0 unspecified atom stereocenters. The van der Waals surface area contributed by atoms with Crippen LogP contribution in [-0.2, 0) is 15.1 Å². The van der Waals surface area contributed by atoms with Crippen LogP contribution in [0.2, 0.25) is 0 Å². The van der Waals surface area contributed by atoms with Crippen LogP contribution < -0.4 is 4.90 Å². The number of hydrogen-bond acceptors (Lipinski definition) is 4. The molecule has 3 aromatic carbocycles. The summed E-state index contributed by atoms with van der Waals surface area (Å²) in [5.41, 5.74) is 1.18. The van der Waals surface area contributed by atoms with Gasteiger partial charge in [-0.25, -0.2) is 4.90 Å². The van der Waals surface area contributed by atoms with Crippen LogP contribution in [0, 0.1) is 22.0 Å². The molecule has 1 aliphatic heterocycles. The van der Waals surface area contributed by atoms with Gasteiger partial charge in [0.2, 0.25) is 11.8 Å². The Morgan fingerprint density at radius 2 is 1.48 bits per heavy atom. The molecule has 4 aliphatic rings. The van der Waals surface area contributed by atoms with E-state index >= 15 is 0 Å². The summed E-state index contributed by atoms with van der Waals surface area (Å²) < 4.78 is 0.721. The number of benzene rings is 3. The first-order valence-electron chi connectivity index (χ1n) is 9.94. The van der Waals surface area contributed by atoms with Gasteiger partial charge in [0.1, 0.15) is 5.92 Å². The Hall–Kier alpha value is -3.32. The summed E-state index contributed by atoms with van der Waals surface area (Å²) in [6.07, 6.45) is 0. The van der Waals surface area contributed by atoms with Crippen molar-refractivity contribution in [3.63, 3.8) is 0 Å². The van der Waals surface area contributed by atoms with E-state index in [0.29, 0.717) is 16.8 Å². The zero-order chi connectivity index (χ0) is 21.5. The monoisotopic (exact) mass is 474 g/mol. The van der Waals surface area contributed by atoms with Crippen molar-refractivity contribution in [2.75, 3.05) is 4.90 Å². The topological polar surface area (TPSA) is 80.5 Å². The van der Waals surface area contributed by atoms with Crippen LogP contribution in [0.4, 0.5) is 5.69 Å². The highest BCUT2D eigenvalue weighted by Gasteiger charge is 2.74. The molecule has 152 valence electrons. The number of carbonyl (C=O) groups excluding carboxylic acids is 2. The molecule has 2 bridgehead atoms. The lowest BCUT2D eigenvalue weighted by atomic mass is 9.51. The summed E-state index contributed by atoms with van der Waals surface area (Å²) in [4.78, 5) is 41.1. The lowest BCUT2D eigenvalue weighted by Gasteiger charge is -2.48. The molecule has 3 aromatic rings. The molecule has 31 heavy (non-hydrogen) atoms. The minimum absolute atomic E-state index is 0.354. The summed E-state index contributed by atoms with van der Waals surface area (Å²) in [7, 11) is 0. The van der Waals surface area contributed by atoms with E-state index in [2.05, 4.69) is 15.9 Å². The molecular weight excluding hydrogens is 460 g/mol. The first-order valence-corrected chi connectivity index (χ1v) is 10.7. The van der Waals surface area contributed by atoms with Gasteiger partial charge < -0.3 is 0 Å². The number of anilines is 1. The van der Waals surface area contributed by atoms with E-state index in [1.807, 2.05) is 24.3 Å². The van der Waals surface area contributed by atoms with Crippen molar-refractivity contribution in [3.05, 3.63) is 110 Å². The molecule has 7 rings (SSSR count). The van der Waals surface area contributed by atoms with Crippen LogP contribution in [0.3, 0.4) is 0 Å². The maximum atomic E-state index is 13.8. The number of nitrogens with zero attached hydrogens (tertiary/aromatic N) is 2. The van der Waals surface area contributed by atoms with Gasteiger partial charge in [-0.15, -0.1) is 0 Å². The van der Waals surface area contributed by atoms with Crippen LogP contribution in [0.5, 0.6) is 0 Å². The van der Waals surface area contributed by atoms with Crippen molar-refractivity contribution in [1.29, 1.82) is 0 Å². The Balaban J connectivity index is 1.68. The summed E-state index contributed by atoms with van der Waals surface area (Å²) in [6, 6.07) is 21.3. The van der Waals surface area contributed by atoms with Gasteiger partial charge in [0, 0.05) is 26.4 Å². The molecule has 1 saturated heterocycles. The Kier molecular flexibility index (Phi) is 3.63. The molecule has 0 aromatic heterocycles. The molecule has 6 nitrogen and oxygen atoms in total. The highest BCUT2D eigenvalue weighted by molar-refractivity contribution is 9.10. The van der Waals surface area contributed by atoms with E-state index < -0.39 is 29.2 Å². The van der Waals surface area contributed by atoms with Gasteiger partial charge in [-0.05, 0) is 29.3 Å². The average Bonchev–Trinajstić information content (AvgIpc) is 3.04. The highest BCUT2D eigenvalue weighted by Crippen LogP contribution is 2.64. The summed E-state index contributed by atoms with van der Waals surface area (Å²) in [6.45, 7) is 0. The quantitative estimate of drug-likeness (QED) is 0.316. The Morgan fingerprint density at radius 3 is 2.06 bits per heavy atom. The third kappa shape index (κ3) is 2.07. The molecule has 3 aliphatic carbocycles. The van der Waals surface area contributed by atoms with Crippen molar-refractivity contribution in [1.82, 2.24) is 0 Å². The van der Waals surface area contributed by atoms with Gasteiger partial charge in [0.25, 0.3) is 5.54 Å². The van der Waals surface area contributed by atoms with Crippen molar-refractivity contribution in [2.24, 2.45) is 11.8 Å². The standard InChI is InChI=1S/C24H15BrN2O4/c25-13-6-5-7-14(12-13)26-22(28)20-19-15-8-1-3-10-17(15)24(27(30)31,21(20)23(26)29)18-11-4-2-9-16(18)19/h1-12,19-21H/t19?,20-,21-,24?/m0/s1. The number of imide groups is 1. The van der Waals surface area contributed by atoms with Gasteiger partial charge in [-0.2, -0.15) is 0 Å². The van der Waals surface area contributed by atoms with E-state index in [4.69, 9.17) is 0 Å². The molecule has 7 heteroatoms.